The van der Waals surface area contributed by atoms with Crippen LogP contribution in [0.3, 0.4) is 0 Å². The van der Waals surface area contributed by atoms with Gasteiger partial charge in [0.2, 0.25) is 0 Å². The van der Waals surface area contributed by atoms with Crippen LogP contribution in [-0.4, -0.2) is 38.4 Å². The molecule has 31 heavy (non-hydrogen) atoms. The first-order chi connectivity index (χ1) is 15.2. The summed E-state index contributed by atoms with van der Waals surface area (Å²) in [6, 6.07) is 16.7. The minimum atomic E-state index is -0.183. The fourth-order valence-corrected chi connectivity index (χ4v) is 3.30. The van der Waals surface area contributed by atoms with Gasteiger partial charge in [-0.3, -0.25) is 14.2 Å². The molecule has 0 saturated heterocycles. The Bertz CT molecular complexity index is 1230. The zero-order valence-electron chi connectivity index (χ0n) is 17.2. The normalized spacial score (nSPS) is 10.9. The highest BCUT2D eigenvalue weighted by molar-refractivity contribution is 5.94. The number of hydrogen-bond acceptors (Lipinski definition) is 5. The molecule has 2 aromatic carbocycles. The van der Waals surface area contributed by atoms with Gasteiger partial charge in [0.15, 0.2) is 5.65 Å². The van der Waals surface area contributed by atoms with Crippen LogP contribution in [0.4, 0.5) is 0 Å². The van der Waals surface area contributed by atoms with Gasteiger partial charge in [0.1, 0.15) is 17.5 Å². The Morgan fingerprint density at radius 2 is 1.87 bits per heavy atom. The van der Waals surface area contributed by atoms with E-state index in [1.807, 2.05) is 37.3 Å². The van der Waals surface area contributed by atoms with Gasteiger partial charge in [-0.05, 0) is 36.8 Å². The van der Waals surface area contributed by atoms with Crippen LogP contribution < -0.4 is 15.6 Å². The van der Waals surface area contributed by atoms with E-state index < -0.39 is 0 Å². The van der Waals surface area contributed by atoms with Crippen molar-refractivity contribution < 1.29 is 9.53 Å². The zero-order chi connectivity index (χ0) is 21.6. The van der Waals surface area contributed by atoms with Crippen LogP contribution in [0.5, 0.6) is 5.75 Å². The topological polar surface area (TPSA) is 91.0 Å². The molecule has 0 fully saturated rings. The van der Waals surface area contributed by atoms with Gasteiger partial charge in [-0.25, -0.2) is 9.67 Å². The van der Waals surface area contributed by atoms with E-state index >= 15 is 0 Å². The molecular formula is C23H23N5O3. The molecule has 0 aliphatic rings. The van der Waals surface area contributed by atoms with Crippen LogP contribution in [0, 0.1) is 0 Å². The molecule has 0 aliphatic heterocycles. The van der Waals surface area contributed by atoms with E-state index in [1.165, 1.54) is 12.5 Å². The van der Waals surface area contributed by atoms with Crippen molar-refractivity contribution in [1.82, 2.24) is 24.6 Å². The van der Waals surface area contributed by atoms with Crippen LogP contribution in [0.1, 0.15) is 22.8 Å². The van der Waals surface area contributed by atoms with Crippen molar-refractivity contribution in [3.8, 4) is 5.75 Å². The van der Waals surface area contributed by atoms with Crippen molar-refractivity contribution in [2.45, 2.75) is 20.0 Å². The summed E-state index contributed by atoms with van der Waals surface area (Å²) in [7, 11) is 0. The highest BCUT2D eigenvalue weighted by Gasteiger charge is 2.11. The Kier molecular flexibility index (Phi) is 6.07. The third kappa shape index (κ3) is 4.63. The molecule has 2 heterocycles. The third-order valence-corrected chi connectivity index (χ3v) is 4.85. The Morgan fingerprint density at radius 1 is 1.10 bits per heavy atom. The number of rotatable bonds is 8. The van der Waals surface area contributed by atoms with Crippen molar-refractivity contribution in [2.75, 3.05) is 13.2 Å². The summed E-state index contributed by atoms with van der Waals surface area (Å²) in [5.41, 5.74) is 1.94. The highest BCUT2D eigenvalue weighted by Crippen LogP contribution is 2.12. The average molecular weight is 417 g/mol. The Hall–Kier alpha value is -3.94. The summed E-state index contributed by atoms with van der Waals surface area (Å²) >= 11 is 0. The number of ether oxygens (including phenoxy) is 1. The molecule has 8 heteroatoms. The van der Waals surface area contributed by atoms with Crippen molar-refractivity contribution in [3.05, 3.63) is 88.6 Å². The van der Waals surface area contributed by atoms with E-state index in [0.717, 1.165) is 11.3 Å². The highest BCUT2D eigenvalue weighted by atomic mass is 16.5. The molecule has 4 rings (SSSR count). The molecule has 4 aromatic rings. The first-order valence-electron chi connectivity index (χ1n) is 10.1. The molecule has 0 atom stereocenters. The van der Waals surface area contributed by atoms with Crippen molar-refractivity contribution in [1.29, 1.82) is 0 Å². The fraction of sp³-hybridized carbons (Fsp3) is 0.217. The van der Waals surface area contributed by atoms with E-state index in [0.29, 0.717) is 42.8 Å². The molecule has 0 bridgehead atoms. The fourth-order valence-electron chi connectivity index (χ4n) is 3.30. The lowest BCUT2D eigenvalue weighted by molar-refractivity contribution is 0.0952. The van der Waals surface area contributed by atoms with Crippen LogP contribution in [-0.2, 0) is 13.1 Å². The van der Waals surface area contributed by atoms with E-state index in [-0.39, 0.29) is 11.5 Å². The molecule has 1 amide bonds. The number of aromatic nitrogens is 4. The summed E-state index contributed by atoms with van der Waals surface area (Å²) in [6.07, 6.45) is 3.06. The maximum atomic E-state index is 12.8. The number of benzene rings is 2. The van der Waals surface area contributed by atoms with Crippen LogP contribution >= 0.6 is 0 Å². The van der Waals surface area contributed by atoms with Crippen molar-refractivity contribution >= 4 is 16.9 Å². The lowest BCUT2D eigenvalue weighted by atomic mass is 10.2. The minimum Gasteiger partial charge on any atom is -0.494 e. The van der Waals surface area contributed by atoms with Gasteiger partial charge in [-0.1, -0.05) is 30.3 Å². The standard InChI is InChI=1S/C23H23N5O3/c1-2-31-19-10-8-18(9-11-19)22(29)24-12-13-28-21-20(14-26-28)23(30)27(16-25-21)15-17-6-4-3-5-7-17/h3-11,14,16H,2,12-13,15H2,1H3,(H,24,29). The summed E-state index contributed by atoms with van der Waals surface area (Å²) < 4.78 is 8.58. The van der Waals surface area contributed by atoms with Crippen LogP contribution in [0.25, 0.3) is 11.0 Å². The van der Waals surface area contributed by atoms with Gasteiger partial charge < -0.3 is 10.1 Å². The maximum absolute atomic E-state index is 12.8. The van der Waals surface area contributed by atoms with Gasteiger partial charge in [0.25, 0.3) is 11.5 Å². The predicted octanol–water partition coefficient (Wildman–Crippen LogP) is 2.47. The number of nitrogens with zero attached hydrogens (tertiary/aromatic N) is 4. The summed E-state index contributed by atoms with van der Waals surface area (Å²) in [6.45, 7) is 3.70. The van der Waals surface area contributed by atoms with Gasteiger partial charge in [0, 0.05) is 12.1 Å². The Morgan fingerprint density at radius 3 is 2.61 bits per heavy atom. The molecule has 0 saturated carbocycles. The van der Waals surface area contributed by atoms with Gasteiger partial charge >= 0.3 is 0 Å². The molecule has 1 N–H and O–H groups in total. The second kappa shape index (κ2) is 9.25. The van der Waals surface area contributed by atoms with E-state index in [1.54, 1.807) is 33.5 Å². The first-order valence-corrected chi connectivity index (χ1v) is 10.1. The number of carbonyl (C=O) groups excluding carboxylic acids is 1. The Labute approximate surface area is 179 Å². The first kappa shape index (κ1) is 20.3. The van der Waals surface area contributed by atoms with Crippen molar-refractivity contribution in [2.24, 2.45) is 0 Å². The van der Waals surface area contributed by atoms with Crippen molar-refractivity contribution in [3.63, 3.8) is 0 Å². The molecule has 0 radical (unpaired) electrons. The summed E-state index contributed by atoms with van der Waals surface area (Å²) in [5, 5.41) is 7.59. The molecule has 0 unspecified atom stereocenters. The van der Waals surface area contributed by atoms with Gasteiger partial charge in [-0.15, -0.1) is 0 Å². The molecular weight excluding hydrogens is 394 g/mol. The quantitative estimate of drug-likeness (QED) is 0.476. The van der Waals surface area contributed by atoms with E-state index in [9.17, 15) is 9.59 Å². The summed E-state index contributed by atoms with van der Waals surface area (Å²) in [4.78, 5) is 29.5. The number of fused-ring (bicyclic) bond motifs is 1. The monoisotopic (exact) mass is 417 g/mol. The van der Waals surface area contributed by atoms with Gasteiger partial charge in [0.05, 0.1) is 25.9 Å². The molecule has 0 spiro atoms. The molecule has 8 nitrogen and oxygen atoms in total. The van der Waals surface area contributed by atoms with Gasteiger partial charge in [-0.2, -0.15) is 5.10 Å². The minimum absolute atomic E-state index is 0.140. The maximum Gasteiger partial charge on any atom is 0.264 e. The second-order valence-electron chi connectivity index (χ2n) is 6.98. The lowest BCUT2D eigenvalue weighted by Gasteiger charge is -2.08. The molecule has 2 aromatic heterocycles. The number of hydrogen-bond donors (Lipinski definition) is 1. The summed E-state index contributed by atoms with van der Waals surface area (Å²) in [5.74, 6) is 0.545. The number of nitrogens with one attached hydrogen (secondary N) is 1. The third-order valence-electron chi connectivity index (χ3n) is 4.85. The zero-order valence-corrected chi connectivity index (χ0v) is 17.2. The largest absolute Gasteiger partial charge is 0.494 e. The number of amides is 1. The second-order valence-corrected chi connectivity index (χ2v) is 6.98. The SMILES string of the molecule is CCOc1ccc(C(=O)NCCn2ncc3c(=O)n(Cc4ccccc4)cnc32)cc1. The van der Waals surface area contributed by atoms with E-state index in [4.69, 9.17) is 4.74 Å². The van der Waals surface area contributed by atoms with Crippen LogP contribution in [0.15, 0.2) is 71.9 Å². The van der Waals surface area contributed by atoms with Crippen LogP contribution in [0.2, 0.25) is 0 Å². The number of carbonyl (C=O) groups is 1. The Balaban J connectivity index is 1.40. The van der Waals surface area contributed by atoms with E-state index in [2.05, 4.69) is 15.4 Å². The molecule has 158 valence electrons. The average Bonchev–Trinajstić information content (AvgIpc) is 3.21. The molecule has 0 aliphatic carbocycles. The smallest absolute Gasteiger partial charge is 0.264 e. The lowest BCUT2D eigenvalue weighted by Crippen LogP contribution is -2.27. The predicted molar refractivity (Wildman–Crippen MR) is 117 cm³/mol.